The van der Waals surface area contributed by atoms with Gasteiger partial charge in [0.1, 0.15) is 0 Å². The van der Waals surface area contributed by atoms with E-state index < -0.39 is 0 Å². The number of hydrogen-bond donors (Lipinski definition) is 0. The number of benzene rings is 2. The Balaban J connectivity index is 1.89. The Morgan fingerprint density at radius 1 is 1.00 bits per heavy atom. The highest BCUT2D eigenvalue weighted by Gasteiger charge is 2.07. The quantitative estimate of drug-likeness (QED) is 0.395. The van der Waals surface area contributed by atoms with Crippen molar-refractivity contribution in [3.8, 4) is 0 Å². The van der Waals surface area contributed by atoms with E-state index in [1.807, 2.05) is 12.1 Å². The van der Waals surface area contributed by atoms with Crippen LogP contribution in [-0.4, -0.2) is 19.1 Å². The number of hydrogen-bond acceptors (Lipinski definition) is 3. The smallest absolute Gasteiger partial charge is 0.330 e. The molecule has 3 nitrogen and oxygen atoms in total. The van der Waals surface area contributed by atoms with Gasteiger partial charge < -0.3 is 9.64 Å². The summed E-state index contributed by atoms with van der Waals surface area (Å²) in [5.74, 6) is -0.353. The number of anilines is 1. The van der Waals surface area contributed by atoms with Crippen LogP contribution in [0.4, 0.5) is 5.69 Å². The Bertz CT molecular complexity index is 596. The fourth-order valence-corrected chi connectivity index (χ4v) is 2.38. The Kier molecular flexibility index (Phi) is 6.92. The van der Waals surface area contributed by atoms with E-state index in [2.05, 4.69) is 60.0 Å². The zero-order valence-electron chi connectivity index (χ0n) is 13.4. The van der Waals surface area contributed by atoms with E-state index in [-0.39, 0.29) is 5.97 Å². The van der Waals surface area contributed by atoms with Crippen molar-refractivity contribution in [3.05, 3.63) is 78.9 Å². The molecule has 2 rings (SSSR count). The highest BCUT2D eigenvalue weighted by atomic mass is 16.5. The van der Waals surface area contributed by atoms with Crippen LogP contribution in [0.25, 0.3) is 0 Å². The molecule has 0 aliphatic carbocycles. The maximum absolute atomic E-state index is 11.0. The molecule has 3 heteroatoms. The second kappa shape index (κ2) is 9.46. The summed E-state index contributed by atoms with van der Waals surface area (Å²) in [6, 6.07) is 20.8. The van der Waals surface area contributed by atoms with E-state index in [1.54, 1.807) is 0 Å². The van der Waals surface area contributed by atoms with Crippen LogP contribution in [0.15, 0.2) is 73.3 Å². The monoisotopic (exact) mass is 309 g/mol. The lowest BCUT2D eigenvalue weighted by atomic mass is 10.2. The summed E-state index contributed by atoms with van der Waals surface area (Å²) < 4.78 is 5.02. The van der Waals surface area contributed by atoms with E-state index in [1.165, 1.54) is 17.3 Å². The lowest BCUT2D eigenvalue weighted by molar-refractivity contribution is -0.137. The first-order chi connectivity index (χ1) is 11.3. The van der Waals surface area contributed by atoms with E-state index in [0.29, 0.717) is 6.61 Å². The molecule has 0 fully saturated rings. The molecule has 0 aliphatic heterocycles. The predicted octanol–water partition coefficient (Wildman–Crippen LogP) is 4.20. The molecule has 0 bridgehead atoms. The SMILES string of the molecule is C=CC(=O)OCCCCN(Cc1ccccc1)c1ccccc1. The number of unbranched alkanes of at least 4 members (excludes halogenated alkanes) is 1. The van der Waals surface area contributed by atoms with Crippen LogP contribution in [0.3, 0.4) is 0 Å². The molecule has 2 aromatic rings. The summed E-state index contributed by atoms with van der Waals surface area (Å²) >= 11 is 0. The van der Waals surface area contributed by atoms with Gasteiger partial charge in [-0.15, -0.1) is 0 Å². The predicted molar refractivity (Wildman–Crippen MR) is 94.3 cm³/mol. The van der Waals surface area contributed by atoms with Gasteiger partial charge in [-0.25, -0.2) is 4.79 Å². The first-order valence-corrected chi connectivity index (χ1v) is 7.92. The number of rotatable bonds is 9. The van der Waals surface area contributed by atoms with Crippen molar-refractivity contribution in [2.24, 2.45) is 0 Å². The first-order valence-electron chi connectivity index (χ1n) is 7.92. The molecule has 0 aliphatic rings. The van der Waals surface area contributed by atoms with Crippen molar-refractivity contribution in [1.82, 2.24) is 0 Å². The van der Waals surface area contributed by atoms with Gasteiger partial charge in [-0.05, 0) is 30.5 Å². The fourth-order valence-electron chi connectivity index (χ4n) is 2.38. The van der Waals surface area contributed by atoms with Gasteiger partial charge in [0.15, 0.2) is 0 Å². The molecule has 0 saturated heterocycles. The Morgan fingerprint density at radius 3 is 2.30 bits per heavy atom. The van der Waals surface area contributed by atoms with Crippen molar-refractivity contribution < 1.29 is 9.53 Å². The van der Waals surface area contributed by atoms with Crippen molar-refractivity contribution >= 4 is 11.7 Å². The number of carbonyl (C=O) groups excluding carboxylic acids is 1. The largest absolute Gasteiger partial charge is 0.463 e. The molecule has 0 radical (unpaired) electrons. The lowest BCUT2D eigenvalue weighted by Gasteiger charge is -2.25. The van der Waals surface area contributed by atoms with Gasteiger partial charge in [0.2, 0.25) is 0 Å². The van der Waals surface area contributed by atoms with Crippen LogP contribution < -0.4 is 4.90 Å². The molecule has 0 amide bonds. The van der Waals surface area contributed by atoms with Crippen LogP contribution in [0.2, 0.25) is 0 Å². The molecule has 2 aromatic carbocycles. The van der Waals surface area contributed by atoms with Gasteiger partial charge in [-0.1, -0.05) is 55.1 Å². The minimum absolute atomic E-state index is 0.353. The number of ether oxygens (including phenoxy) is 1. The van der Waals surface area contributed by atoms with Crippen molar-refractivity contribution in [2.75, 3.05) is 18.1 Å². The number of esters is 1. The van der Waals surface area contributed by atoms with Crippen LogP contribution in [0.5, 0.6) is 0 Å². The number of carbonyl (C=O) groups is 1. The third-order valence-electron chi connectivity index (χ3n) is 3.57. The van der Waals surface area contributed by atoms with Gasteiger partial charge in [0, 0.05) is 24.9 Å². The van der Waals surface area contributed by atoms with Crippen LogP contribution in [-0.2, 0) is 16.1 Å². The molecule has 0 N–H and O–H groups in total. The average Bonchev–Trinajstić information content (AvgIpc) is 2.62. The lowest BCUT2D eigenvalue weighted by Crippen LogP contribution is -2.24. The summed E-state index contributed by atoms with van der Waals surface area (Å²) in [5, 5.41) is 0. The van der Waals surface area contributed by atoms with Crippen molar-refractivity contribution in [1.29, 1.82) is 0 Å². The van der Waals surface area contributed by atoms with Crippen molar-refractivity contribution in [3.63, 3.8) is 0 Å². The van der Waals surface area contributed by atoms with Crippen LogP contribution in [0, 0.1) is 0 Å². The molecule has 0 spiro atoms. The van der Waals surface area contributed by atoms with Crippen molar-refractivity contribution in [2.45, 2.75) is 19.4 Å². The zero-order chi connectivity index (χ0) is 16.3. The fraction of sp³-hybridized carbons (Fsp3) is 0.250. The summed E-state index contributed by atoms with van der Waals surface area (Å²) in [6.45, 7) is 5.63. The Labute approximate surface area is 138 Å². The standard InChI is InChI=1S/C20H23NO2/c1-2-20(22)23-16-10-9-15-21(19-13-7-4-8-14-19)17-18-11-5-3-6-12-18/h2-8,11-14H,1,9-10,15-17H2. The summed E-state index contributed by atoms with van der Waals surface area (Å²) in [5.41, 5.74) is 2.49. The average molecular weight is 309 g/mol. The molecule has 0 atom stereocenters. The first kappa shape index (κ1) is 16.8. The second-order valence-electron chi connectivity index (χ2n) is 5.32. The molecule has 120 valence electrons. The molecule has 0 heterocycles. The summed E-state index contributed by atoms with van der Waals surface area (Å²) in [7, 11) is 0. The molecular formula is C20H23NO2. The van der Waals surface area contributed by atoms with Gasteiger partial charge >= 0.3 is 5.97 Å². The summed E-state index contributed by atoms with van der Waals surface area (Å²) in [4.78, 5) is 13.4. The van der Waals surface area contributed by atoms with Gasteiger partial charge in [-0.3, -0.25) is 0 Å². The minimum atomic E-state index is -0.353. The number of nitrogens with zero attached hydrogens (tertiary/aromatic N) is 1. The highest BCUT2D eigenvalue weighted by molar-refractivity contribution is 5.81. The molecule has 0 saturated carbocycles. The van der Waals surface area contributed by atoms with Gasteiger partial charge in [0.25, 0.3) is 0 Å². The van der Waals surface area contributed by atoms with E-state index in [4.69, 9.17) is 4.74 Å². The Hall–Kier alpha value is -2.55. The van der Waals surface area contributed by atoms with Crippen LogP contribution >= 0.6 is 0 Å². The normalized spacial score (nSPS) is 10.1. The van der Waals surface area contributed by atoms with E-state index in [0.717, 1.165) is 25.9 Å². The maximum atomic E-state index is 11.0. The van der Waals surface area contributed by atoms with E-state index in [9.17, 15) is 4.79 Å². The summed E-state index contributed by atoms with van der Waals surface area (Å²) in [6.07, 6.45) is 3.01. The minimum Gasteiger partial charge on any atom is -0.463 e. The van der Waals surface area contributed by atoms with Crippen LogP contribution in [0.1, 0.15) is 18.4 Å². The second-order valence-corrected chi connectivity index (χ2v) is 5.32. The molecule has 0 unspecified atom stereocenters. The Morgan fingerprint density at radius 2 is 1.65 bits per heavy atom. The molecule has 23 heavy (non-hydrogen) atoms. The third-order valence-corrected chi connectivity index (χ3v) is 3.57. The highest BCUT2D eigenvalue weighted by Crippen LogP contribution is 2.17. The zero-order valence-corrected chi connectivity index (χ0v) is 13.4. The molecule has 0 aromatic heterocycles. The third kappa shape index (κ3) is 5.99. The van der Waals surface area contributed by atoms with Gasteiger partial charge in [0.05, 0.1) is 6.61 Å². The van der Waals surface area contributed by atoms with Gasteiger partial charge in [-0.2, -0.15) is 0 Å². The maximum Gasteiger partial charge on any atom is 0.330 e. The number of para-hydroxylation sites is 1. The topological polar surface area (TPSA) is 29.5 Å². The molecular weight excluding hydrogens is 286 g/mol. The van der Waals surface area contributed by atoms with E-state index >= 15 is 0 Å².